The van der Waals surface area contributed by atoms with E-state index in [-0.39, 0.29) is 11.6 Å². The van der Waals surface area contributed by atoms with Crippen LogP contribution in [-0.4, -0.2) is 27.8 Å². The summed E-state index contributed by atoms with van der Waals surface area (Å²) in [7, 11) is 0. The lowest BCUT2D eigenvalue weighted by Crippen LogP contribution is -2.27. The SMILES string of the molecule is CC(C)(C)OC(=O)Nc1cccc(-c2nc(C(=O)O)co2)c1. The normalized spacial score (nSPS) is 11.0. The van der Waals surface area contributed by atoms with Crippen LogP contribution in [0.4, 0.5) is 10.5 Å². The molecule has 1 amide bonds. The number of carbonyl (C=O) groups excluding carboxylic acids is 1. The van der Waals surface area contributed by atoms with Crippen LogP contribution in [0.15, 0.2) is 34.9 Å². The van der Waals surface area contributed by atoms with Crippen molar-refractivity contribution in [1.29, 1.82) is 0 Å². The number of benzene rings is 1. The first-order valence-corrected chi connectivity index (χ1v) is 6.54. The van der Waals surface area contributed by atoms with Gasteiger partial charge in [0.2, 0.25) is 5.89 Å². The largest absolute Gasteiger partial charge is 0.476 e. The molecule has 7 nitrogen and oxygen atoms in total. The molecule has 0 fully saturated rings. The van der Waals surface area contributed by atoms with Crippen LogP contribution in [0.25, 0.3) is 11.5 Å². The average Bonchev–Trinajstić information content (AvgIpc) is 2.86. The van der Waals surface area contributed by atoms with Crippen molar-refractivity contribution in [2.45, 2.75) is 26.4 Å². The van der Waals surface area contributed by atoms with Gasteiger partial charge in [0.05, 0.1) is 0 Å². The Bertz CT molecular complexity index is 700. The van der Waals surface area contributed by atoms with Gasteiger partial charge < -0.3 is 14.3 Å². The second kappa shape index (κ2) is 5.88. The van der Waals surface area contributed by atoms with Crippen molar-refractivity contribution in [2.24, 2.45) is 0 Å². The Morgan fingerprint density at radius 2 is 2.05 bits per heavy atom. The Morgan fingerprint density at radius 1 is 1.32 bits per heavy atom. The summed E-state index contributed by atoms with van der Waals surface area (Å²) in [5, 5.41) is 11.4. The fraction of sp³-hybridized carbons (Fsp3) is 0.267. The van der Waals surface area contributed by atoms with Gasteiger partial charge in [-0.05, 0) is 39.0 Å². The zero-order valence-electron chi connectivity index (χ0n) is 12.4. The smallest absolute Gasteiger partial charge is 0.412 e. The third-order valence-electron chi connectivity index (χ3n) is 2.48. The summed E-state index contributed by atoms with van der Waals surface area (Å²) in [5.74, 6) is -1.01. The molecular weight excluding hydrogens is 288 g/mol. The molecule has 1 aromatic carbocycles. The van der Waals surface area contributed by atoms with Gasteiger partial charge >= 0.3 is 12.1 Å². The lowest BCUT2D eigenvalue weighted by atomic mass is 10.2. The molecule has 0 atom stereocenters. The highest BCUT2D eigenvalue weighted by Gasteiger charge is 2.17. The zero-order chi connectivity index (χ0) is 16.3. The van der Waals surface area contributed by atoms with E-state index in [0.717, 1.165) is 6.26 Å². The van der Waals surface area contributed by atoms with Crippen molar-refractivity contribution in [3.63, 3.8) is 0 Å². The second-order valence-electron chi connectivity index (χ2n) is 5.55. The van der Waals surface area contributed by atoms with Gasteiger partial charge in [0.15, 0.2) is 5.69 Å². The van der Waals surface area contributed by atoms with Crippen LogP contribution in [0.3, 0.4) is 0 Å². The van der Waals surface area contributed by atoms with E-state index in [1.54, 1.807) is 45.0 Å². The number of amides is 1. The number of hydrogen-bond donors (Lipinski definition) is 2. The van der Waals surface area contributed by atoms with E-state index in [4.69, 9.17) is 14.3 Å². The van der Waals surface area contributed by atoms with E-state index in [1.807, 2.05) is 0 Å². The Kier molecular flexibility index (Phi) is 4.16. The highest BCUT2D eigenvalue weighted by Crippen LogP contribution is 2.22. The van der Waals surface area contributed by atoms with E-state index in [0.29, 0.717) is 11.3 Å². The molecule has 0 aliphatic heterocycles. The minimum absolute atomic E-state index is 0.158. The quantitative estimate of drug-likeness (QED) is 0.901. The number of oxazole rings is 1. The summed E-state index contributed by atoms with van der Waals surface area (Å²) in [6.07, 6.45) is 0.481. The number of hydrogen-bond acceptors (Lipinski definition) is 5. The molecule has 0 aliphatic rings. The fourth-order valence-electron chi connectivity index (χ4n) is 1.66. The Hall–Kier alpha value is -2.83. The van der Waals surface area contributed by atoms with Crippen molar-refractivity contribution in [1.82, 2.24) is 4.98 Å². The molecule has 0 unspecified atom stereocenters. The van der Waals surface area contributed by atoms with Crippen LogP contribution in [0.2, 0.25) is 0 Å². The summed E-state index contributed by atoms with van der Waals surface area (Å²) >= 11 is 0. The van der Waals surface area contributed by atoms with E-state index in [1.165, 1.54) is 0 Å². The number of nitrogens with one attached hydrogen (secondary N) is 1. The molecule has 0 aliphatic carbocycles. The molecule has 1 heterocycles. The number of carboxylic acids is 1. The molecule has 2 rings (SSSR count). The molecule has 1 aromatic heterocycles. The molecule has 0 radical (unpaired) electrons. The summed E-state index contributed by atoms with van der Waals surface area (Å²) < 4.78 is 10.3. The lowest BCUT2D eigenvalue weighted by molar-refractivity contribution is 0.0634. The molecule has 116 valence electrons. The van der Waals surface area contributed by atoms with Crippen LogP contribution in [0.5, 0.6) is 0 Å². The van der Waals surface area contributed by atoms with Gasteiger partial charge in [0, 0.05) is 11.3 Å². The van der Waals surface area contributed by atoms with Crippen molar-refractivity contribution in [3.8, 4) is 11.5 Å². The van der Waals surface area contributed by atoms with Gasteiger partial charge in [-0.15, -0.1) is 0 Å². The standard InChI is InChI=1S/C15H16N2O5/c1-15(2,3)22-14(20)16-10-6-4-5-9(7-10)12-17-11(8-21-12)13(18)19/h4-8H,1-3H3,(H,16,20)(H,18,19). The van der Waals surface area contributed by atoms with E-state index in [2.05, 4.69) is 10.3 Å². The maximum absolute atomic E-state index is 11.7. The predicted molar refractivity (Wildman–Crippen MR) is 78.8 cm³/mol. The number of carboxylic acid groups (broad SMARTS) is 1. The predicted octanol–water partition coefficient (Wildman–Crippen LogP) is 3.39. The van der Waals surface area contributed by atoms with Crippen molar-refractivity contribution in [3.05, 3.63) is 36.2 Å². The van der Waals surface area contributed by atoms with Crippen LogP contribution >= 0.6 is 0 Å². The molecule has 0 bridgehead atoms. The van der Waals surface area contributed by atoms with Crippen LogP contribution in [0, 0.1) is 0 Å². The van der Waals surface area contributed by atoms with E-state index >= 15 is 0 Å². The number of ether oxygens (including phenoxy) is 1. The summed E-state index contributed by atoms with van der Waals surface area (Å²) in [6.45, 7) is 5.30. The molecule has 2 aromatic rings. The topological polar surface area (TPSA) is 102 Å². The number of aromatic carboxylic acids is 1. The first kappa shape index (κ1) is 15.6. The van der Waals surface area contributed by atoms with Crippen LogP contribution < -0.4 is 5.32 Å². The maximum atomic E-state index is 11.7. The number of anilines is 1. The number of rotatable bonds is 3. The molecule has 2 N–H and O–H groups in total. The molecular formula is C15H16N2O5. The third kappa shape index (κ3) is 4.08. The van der Waals surface area contributed by atoms with Crippen LogP contribution in [0.1, 0.15) is 31.3 Å². The monoisotopic (exact) mass is 304 g/mol. The Balaban J connectivity index is 2.16. The first-order valence-electron chi connectivity index (χ1n) is 6.54. The number of aromatic nitrogens is 1. The van der Waals surface area contributed by atoms with Gasteiger partial charge in [-0.2, -0.15) is 0 Å². The van der Waals surface area contributed by atoms with Crippen molar-refractivity contribution < 1.29 is 23.8 Å². The number of nitrogens with zero attached hydrogens (tertiary/aromatic N) is 1. The van der Waals surface area contributed by atoms with E-state index in [9.17, 15) is 9.59 Å². The second-order valence-corrected chi connectivity index (χ2v) is 5.55. The van der Waals surface area contributed by atoms with Gasteiger partial charge in [0.1, 0.15) is 11.9 Å². The lowest BCUT2D eigenvalue weighted by Gasteiger charge is -2.19. The van der Waals surface area contributed by atoms with Gasteiger partial charge in [-0.25, -0.2) is 14.6 Å². The molecule has 22 heavy (non-hydrogen) atoms. The Labute approximate surface area is 126 Å². The zero-order valence-corrected chi connectivity index (χ0v) is 12.4. The average molecular weight is 304 g/mol. The Morgan fingerprint density at radius 3 is 2.64 bits per heavy atom. The van der Waals surface area contributed by atoms with Gasteiger partial charge in [-0.3, -0.25) is 5.32 Å². The first-order chi connectivity index (χ1) is 10.2. The van der Waals surface area contributed by atoms with Crippen molar-refractivity contribution >= 4 is 17.7 Å². The van der Waals surface area contributed by atoms with E-state index < -0.39 is 17.7 Å². The van der Waals surface area contributed by atoms with Crippen molar-refractivity contribution in [2.75, 3.05) is 5.32 Å². The molecule has 7 heteroatoms. The highest BCUT2D eigenvalue weighted by molar-refractivity contribution is 5.87. The minimum Gasteiger partial charge on any atom is -0.476 e. The summed E-state index contributed by atoms with van der Waals surface area (Å²) in [5.41, 5.74) is 0.254. The third-order valence-corrected chi connectivity index (χ3v) is 2.48. The van der Waals surface area contributed by atoms with Crippen LogP contribution in [-0.2, 0) is 4.74 Å². The highest BCUT2D eigenvalue weighted by atomic mass is 16.6. The molecule has 0 saturated heterocycles. The molecule has 0 saturated carbocycles. The maximum Gasteiger partial charge on any atom is 0.412 e. The summed E-state index contributed by atoms with van der Waals surface area (Å²) in [4.78, 5) is 26.4. The van der Waals surface area contributed by atoms with Gasteiger partial charge in [-0.1, -0.05) is 6.07 Å². The van der Waals surface area contributed by atoms with Gasteiger partial charge in [0.25, 0.3) is 0 Å². The minimum atomic E-state index is -1.17. The molecule has 0 spiro atoms. The fourth-order valence-corrected chi connectivity index (χ4v) is 1.66. The number of carbonyl (C=O) groups is 2. The summed E-state index contributed by atoms with van der Waals surface area (Å²) in [6, 6.07) is 6.67.